The van der Waals surface area contributed by atoms with Crippen molar-refractivity contribution in [2.45, 2.75) is 32.3 Å². The molecule has 2 aliphatic heterocycles. The molecular formula is C23H31N3O3. The van der Waals surface area contributed by atoms with Gasteiger partial charge in [-0.15, -0.1) is 0 Å². The number of benzene rings is 1. The maximum Gasteiger partial charge on any atom is 0.162 e. The first-order valence-electron chi connectivity index (χ1n) is 10.4. The second kappa shape index (κ2) is 8.20. The molecule has 0 amide bonds. The van der Waals surface area contributed by atoms with Crippen LogP contribution in [-0.4, -0.2) is 56.1 Å². The van der Waals surface area contributed by atoms with Gasteiger partial charge in [-0.2, -0.15) is 0 Å². The highest BCUT2D eigenvalue weighted by molar-refractivity contribution is 5.47. The highest BCUT2D eigenvalue weighted by Gasteiger charge is 2.39. The molecule has 1 aromatic heterocycles. The van der Waals surface area contributed by atoms with Crippen LogP contribution in [0.4, 0.5) is 5.82 Å². The topological polar surface area (TPSA) is 66.8 Å². The summed E-state index contributed by atoms with van der Waals surface area (Å²) in [6.07, 6.45) is 2.80. The number of hydrogen-bond acceptors (Lipinski definition) is 6. The van der Waals surface area contributed by atoms with Crippen molar-refractivity contribution in [2.24, 2.45) is 5.41 Å². The molecule has 0 spiro atoms. The molecule has 0 unspecified atom stereocenters. The minimum atomic E-state index is 0.0466. The summed E-state index contributed by atoms with van der Waals surface area (Å²) < 4.78 is 11.9. The molecule has 0 saturated carbocycles. The number of nitrogens with zero attached hydrogens (tertiary/aromatic N) is 2. The third-order valence-electron chi connectivity index (χ3n) is 6.35. The van der Waals surface area contributed by atoms with E-state index in [1.54, 1.807) is 7.11 Å². The Balaban J connectivity index is 1.46. The Hall–Kier alpha value is -2.31. The summed E-state index contributed by atoms with van der Waals surface area (Å²) in [5.74, 6) is 2.89. The number of nitrogens with one attached hydrogen (secondary N) is 1. The Kier molecular flexibility index (Phi) is 5.65. The van der Waals surface area contributed by atoms with E-state index < -0.39 is 0 Å². The highest BCUT2D eigenvalue weighted by atomic mass is 16.5. The summed E-state index contributed by atoms with van der Waals surface area (Å²) in [6.45, 7) is 7.97. The maximum atomic E-state index is 9.50. The zero-order chi connectivity index (χ0) is 20.4. The molecule has 2 atom stereocenters. The number of methoxy groups -OCH3 is 1. The van der Waals surface area contributed by atoms with Crippen molar-refractivity contribution in [3.05, 3.63) is 47.7 Å². The molecule has 1 aromatic carbocycles. The lowest BCUT2D eigenvalue weighted by molar-refractivity contribution is 0.160. The normalized spacial score (nSPS) is 24.4. The van der Waals surface area contributed by atoms with Gasteiger partial charge in [-0.25, -0.2) is 4.98 Å². The average Bonchev–Trinajstić information content (AvgIpc) is 3.06. The summed E-state index contributed by atoms with van der Waals surface area (Å²) in [5, 5.41) is 13.0. The van der Waals surface area contributed by atoms with Crippen LogP contribution in [0.2, 0.25) is 0 Å². The average molecular weight is 398 g/mol. The fourth-order valence-electron chi connectivity index (χ4n) is 4.44. The van der Waals surface area contributed by atoms with Crippen molar-refractivity contribution in [2.75, 3.05) is 44.8 Å². The molecule has 2 aliphatic rings. The Labute approximate surface area is 172 Å². The number of aliphatic hydroxyl groups is 1. The van der Waals surface area contributed by atoms with E-state index in [2.05, 4.69) is 46.4 Å². The molecule has 2 aromatic rings. The molecule has 0 radical (unpaired) electrons. The molecule has 2 N–H and O–H groups in total. The van der Waals surface area contributed by atoms with E-state index in [1.807, 2.05) is 19.2 Å². The van der Waals surface area contributed by atoms with E-state index >= 15 is 0 Å². The predicted molar refractivity (Wildman–Crippen MR) is 114 cm³/mol. The lowest BCUT2D eigenvalue weighted by Gasteiger charge is -2.40. The van der Waals surface area contributed by atoms with Crippen molar-refractivity contribution >= 4 is 5.82 Å². The highest BCUT2D eigenvalue weighted by Crippen LogP contribution is 2.44. The molecule has 0 bridgehead atoms. The number of pyridine rings is 1. The third-order valence-corrected chi connectivity index (χ3v) is 6.35. The number of hydrogen-bond donors (Lipinski definition) is 2. The van der Waals surface area contributed by atoms with Crippen LogP contribution in [0.1, 0.15) is 30.4 Å². The van der Waals surface area contributed by atoms with E-state index in [0.29, 0.717) is 5.92 Å². The lowest BCUT2D eigenvalue weighted by atomic mass is 9.74. The summed E-state index contributed by atoms with van der Waals surface area (Å²) >= 11 is 0. The van der Waals surface area contributed by atoms with Gasteiger partial charge < -0.3 is 24.8 Å². The molecule has 2 saturated heterocycles. The van der Waals surface area contributed by atoms with Crippen LogP contribution < -0.4 is 19.7 Å². The zero-order valence-electron chi connectivity index (χ0n) is 17.5. The van der Waals surface area contributed by atoms with Crippen LogP contribution in [0.3, 0.4) is 0 Å². The second-order valence-electron chi connectivity index (χ2n) is 8.56. The van der Waals surface area contributed by atoms with E-state index in [-0.39, 0.29) is 18.1 Å². The van der Waals surface area contributed by atoms with Crippen molar-refractivity contribution in [3.63, 3.8) is 0 Å². The van der Waals surface area contributed by atoms with Gasteiger partial charge in [-0.3, -0.25) is 0 Å². The van der Waals surface area contributed by atoms with Crippen LogP contribution in [0.25, 0.3) is 0 Å². The lowest BCUT2D eigenvalue weighted by Crippen LogP contribution is -2.54. The van der Waals surface area contributed by atoms with E-state index in [0.717, 1.165) is 49.9 Å². The van der Waals surface area contributed by atoms with Crippen LogP contribution in [-0.2, 0) is 0 Å². The van der Waals surface area contributed by atoms with E-state index in [4.69, 9.17) is 9.47 Å². The molecule has 0 aliphatic carbocycles. The van der Waals surface area contributed by atoms with Crippen LogP contribution in [0, 0.1) is 12.3 Å². The maximum absolute atomic E-state index is 9.50. The van der Waals surface area contributed by atoms with Crippen molar-refractivity contribution < 1.29 is 14.6 Å². The Morgan fingerprint density at radius 1 is 1.24 bits per heavy atom. The Morgan fingerprint density at radius 2 is 2.07 bits per heavy atom. The first-order valence-corrected chi connectivity index (χ1v) is 10.4. The molecule has 29 heavy (non-hydrogen) atoms. The molecule has 4 rings (SSSR count). The van der Waals surface area contributed by atoms with Crippen molar-refractivity contribution in [1.82, 2.24) is 10.3 Å². The summed E-state index contributed by atoms with van der Waals surface area (Å²) in [6, 6.07) is 10.4. The molecule has 6 nitrogen and oxygen atoms in total. The second-order valence-corrected chi connectivity index (χ2v) is 8.56. The van der Waals surface area contributed by atoms with E-state index in [1.165, 1.54) is 11.1 Å². The first-order chi connectivity index (χ1) is 14.0. The number of aromatic nitrogens is 1. The standard InChI is InChI=1S/C23H31N3O3/c1-16-4-7-22(25-11-16)26-13-18(14-26)29-21-10-17(5-6-20(21)28-3)19-12-24-15-23(19,2)8-9-27/h4-7,10-11,18-19,24,27H,8-9,12-15H2,1-3H3/t19-,23-/m1/s1. The van der Waals surface area contributed by atoms with E-state index in [9.17, 15) is 5.11 Å². The van der Waals surface area contributed by atoms with Crippen LogP contribution in [0.5, 0.6) is 11.5 Å². The Bertz CT molecular complexity index is 836. The number of aryl methyl sites for hydroxylation is 1. The summed E-state index contributed by atoms with van der Waals surface area (Å²) in [5.41, 5.74) is 2.45. The fraction of sp³-hybridized carbons (Fsp3) is 0.522. The first kappa shape index (κ1) is 20.0. The fourth-order valence-corrected chi connectivity index (χ4v) is 4.44. The number of rotatable bonds is 7. The zero-order valence-corrected chi connectivity index (χ0v) is 17.5. The predicted octanol–water partition coefficient (Wildman–Crippen LogP) is 2.74. The minimum absolute atomic E-state index is 0.0466. The molecule has 156 valence electrons. The number of aliphatic hydroxyl groups excluding tert-OH is 1. The van der Waals surface area contributed by atoms with Crippen molar-refractivity contribution in [3.8, 4) is 11.5 Å². The van der Waals surface area contributed by atoms with Crippen LogP contribution in [0.15, 0.2) is 36.5 Å². The van der Waals surface area contributed by atoms with Gasteiger partial charge in [0.25, 0.3) is 0 Å². The SMILES string of the molecule is COc1ccc([C@H]2CNC[C@@]2(C)CCO)cc1OC1CN(c2ccc(C)cn2)C1. The number of ether oxygens (including phenoxy) is 2. The Morgan fingerprint density at radius 3 is 2.76 bits per heavy atom. The van der Waals surface area contributed by atoms with Gasteiger partial charge in [0.2, 0.25) is 0 Å². The van der Waals surface area contributed by atoms with Gasteiger partial charge in [0, 0.05) is 31.8 Å². The summed E-state index contributed by atoms with van der Waals surface area (Å²) in [7, 11) is 1.68. The van der Waals surface area contributed by atoms with Gasteiger partial charge in [0.15, 0.2) is 11.5 Å². The molecule has 6 heteroatoms. The number of anilines is 1. The van der Waals surface area contributed by atoms with Gasteiger partial charge in [-0.1, -0.05) is 19.1 Å². The van der Waals surface area contributed by atoms with Crippen molar-refractivity contribution in [1.29, 1.82) is 0 Å². The minimum Gasteiger partial charge on any atom is -0.493 e. The summed E-state index contributed by atoms with van der Waals surface area (Å²) in [4.78, 5) is 6.72. The van der Waals surface area contributed by atoms with Gasteiger partial charge in [0.05, 0.1) is 20.2 Å². The van der Waals surface area contributed by atoms with Gasteiger partial charge in [0.1, 0.15) is 11.9 Å². The monoisotopic (exact) mass is 397 g/mol. The van der Waals surface area contributed by atoms with Crippen LogP contribution >= 0.6 is 0 Å². The smallest absolute Gasteiger partial charge is 0.162 e. The largest absolute Gasteiger partial charge is 0.493 e. The quantitative estimate of drug-likeness (QED) is 0.749. The third kappa shape index (κ3) is 4.05. The molecule has 2 fully saturated rings. The molecule has 3 heterocycles. The molecular weight excluding hydrogens is 366 g/mol. The van der Waals surface area contributed by atoms with Gasteiger partial charge >= 0.3 is 0 Å². The van der Waals surface area contributed by atoms with Gasteiger partial charge in [-0.05, 0) is 48.1 Å².